The summed E-state index contributed by atoms with van der Waals surface area (Å²) in [7, 11) is 0. The number of aromatic nitrogens is 16. The summed E-state index contributed by atoms with van der Waals surface area (Å²) in [6, 6.07) is 47.2. The highest BCUT2D eigenvalue weighted by Crippen LogP contribution is 2.40. The number of ether oxygens (including phenoxy) is 6. The summed E-state index contributed by atoms with van der Waals surface area (Å²) in [5.74, 6) is 0.160. The molecule has 10 N–H and O–H groups in total. The van der Waals surface area contributed by atoms with Crippen LogP contribution in [0.3, 0.4) is 0 Å². The lowest BCUT2D eigenvalue weighted by Gasteiger charge is -2.27. The summed E-state index contributed by atoms with van der Waals surface area (Å²) in [4.78, 5) is 141. The average Bonchev–Trinajstić information content (AvgIpc) is 1.63. The Labute approximate surface area is 826 Å². The van der Waals surface area contributed by atoms with Crippen LogP contribution in [0.25, 0.3) is 134 Å². The molecule has 0 unspecified atom stereocenters. The lowest BCUT2D eigenvalue weighted by molar-refractivity contribution is 0.0336. The quantitative estimate of drug-likeness (QED) is 0.0241. The van der Waals surface area contributed by atoms with Gasteiger partial charge in [0.2, 0.25) is 23.8 Å². The third kappa shape index (κ3) is 25.2. The number of carbonyl (C=O) groups excluding carboxylic acids is 4. The minimum absolute atomic E-state index is 0.0362. The lowest BCUT2D eigenvalue weighted by Crippen LogP contribution is -2.39. The Hall–Kier alpha value is -15.8. The molecule has 20 rings (SSSR count). The second-order valence-corrected chi connectivity index (χ2v) is 34.3. The minimum Gasteiger partial charge on any atom is -0.450 e. The van der Waals surface area contributed by atoms with Crippen molar-refractivity contribution in [3.05, 3.63) is 250 Å². The first-order valence-electron chi connectivity index (χ1n) is 48.0. The van der Waals surface area contributed by atoms with Gasteiger partial charge in [-0.1, -0.05) is 24.3 Å². The van der Waals surface area contributed by atoms with Gasteiger partial charge in [0, 0.05) is 199 Å². The van der Waals surface area contributed by atoms with E-state index in [1.54, 1.807) is 50.6 Å². The van der Waals surface area contributed by atoms with Crippen LogP contribution in [0.5, 0.6) is 0 Å². The van der Waals surface area contributed by atoms with Crippen molar-refractivity contribution >= 4 is 92.2 Å². The number of fused-ring (bicyclic) bond motifs is 4. The molecule has 4 saturated heterocycles. The Balaban J connectivity index is 0.000000132. The van der Waals surface area contributed by atoms with E-state index in [9.17, 15) is 37.5 Å². The standard InChI is InChI=1S/C27H31N7O3.C27H30N6O4.C25H26FN7O2.C25H25FN6O3/c1-3-28-27(36)32-26-30-23-16-20(15-21(25(23)31-26)22-6-4-5-7-29-22)19-14-18(2)34(24(35)17-19)9-8-33-10-12-37-13-11-33;1-3-37-27(35)31-26-29-23-16-20(15-21(25(23)30-26)22-6-4-5-7-28-22)19-14-18(2)33(24(34)17-19)9-8-32-10-12-36-13-11-32;1-2-27-25(34)32-24-30-21-13-17(12-19(23(21)31-24)22-20(26)4-3-7-28-22)16-5-6-18(29-14-16)15-33-8-10-35-11-9-33;1-2-35-25(33)31-24-29-21-13-17(12-19(23(21)30-24)22-20(26)4-3-7-27-22)16-5-6-18(28-14-16)15-32-8-10-34-11-9-32/h4-7,14-17H,3,8-13H2,1-2H3,(H3,28,30,31,32,36);4-7,14-17H,3,8-13H2,1-2H3,(H2,29,30,31,35);3-7,12-14H,2,8-11,15H2,1H3,(H3,27,30,31,32,34);3-7,12-14H,2,8-11,15H2,1H3,(H2,29,30,31,33). The number of halogens is 2. The van der Waals surface area contributed by atoms with Crippen LogP contribution in [-0.2, 0) is 54.6 Å². The van der Waals surface area contributed by atoms with Crippen LogP contribution in [0.1, 0.15) is 50.5 Å². The predicted molar refractivity (Wildman–Crippen MR) is 546 cm³/mol. The van der Waals surface area contributed by atoms with Gasteiger partial charge in [-0.25, -0.2) is 47.9 Å². The molecule has 4 aromatic carbocycles. The molecule has 0 bridgehead atoms. The predicted octanol–water partition coefficient (Wildman–Crippen LogP) is 14.9. The maximum Gasteiger partial charge on any atom is 0.413 e. The lowest BCUT2D eigenvalue weighted by atomic mass is 10.00. The van der Waals surface area contributed by atoms with Crippen molar-refractivity contribution in [2.75, 3.05) is 166 Å². The number of hydrogen-bond donors (Lipinski definition) is 10. The highest BCUT2D eigenvalue weighted by Gasteiger charge is 2.26. The minimum atomic E-state index is -0.627. The van der Waals surface area contributed by atoms with Gasteiger partial charge in [-0.3, -0.25) is 80.4 Å². The van der Waals surface area contributed by atoms with E-state index < -0.39 is 23.8 Å². The van der Waals surface area contributed by atoms with Gasteiger partial charge >= 0.3 is 24.2 Å². The highest BCUT2D eigenvalue weighted by molar-refractivity contribution is 6.02. The van der Waals surface area contributed by atoms with E-state index in [2.05, 4.69) is 121 Å². The van der Waals surface area contributed by atoms with Crippen LogP contribution in [0.4, 0.5) is 51.8 Å². The second kappa shape index (κ2) is 47.6. The molecule has 4 aliphatic rings. The number of H-pyrrole nitrogens is 4. The number of anilines is 4. The van der Waals surface area contributed by atoms with Gasteiger partial charge in [0.1, 0.15) is 34.1 Å². The number of benzene rings is 4. The van der Waals surface area contributed by atoms with Crippen LogP contribution in [0.15, 0.2) is 204 Å². The normalized spacial score (nSPS) is 14.2. The van der Waals surface area contributed by atoms with Gasteiger partial charge in [-0.15, -0.1) is 0 Å². The third-order valence-corrected chi connectivity index (χ3v) is 24.5. The van der Waals surface area contributed by atoms with E-state index in [4.69, 9.17) is 28.4 Å². The largest absolute Gasteiger partial charge is 0.450 e. The molecular formula is C104H112F2N26O12. The Kier molecular flexibility index (Phi) is 33.0. The Morgan fingerprint density at radius 3 is 1.02 bits per heavy atom. The number of hydrogen-bond acceptors (Lipinski definition) is 26. The van der Waals surface area contributed by atoms with Crippen molar-refractivity contribution in [3.63, 3.8) is 0 Å². The smallest absolute Gasteiger partial charge is 0.413 e. The fourth-order valence-electron chi connectivity index (χ4n) is 17.3. The number of urea groups is 2. The fraction of sp³-hybridized carbons (Fsp3) is 0.308. The zero-order valence-corrected chi connectivity index (χ0v) is 80.7. The summed E-state index contributed by atoms with van der Waals surface area (Å²) >= 11 is 0. The van der Waals surface area contributed by atoms with Crippen molar-refractivity contribution < 1.29 is 56.4 Å². The highest BCUT2D eigenvalue weighted by atomic mass is 19.1. The van der Waals surface area contributed by atoms with Crippen LogP contribution < -0.4 is 43.0 Å². The zero-order valence-electron chi connectivity index (χ0n) is 80.7. The number of carbonyl (C=O) groups is 4. The molecule has 4 fully saturated rings. The molecule has 0 atom stereocenters. The molecule has 16 aromatic rings. The molecule has 4 aliphatic heterocycles. The number of amides is 6. The van der Waals surface area contributed by atoms with Gasteiger partial charge in [0.05, 0.1) is 122 Å². The van der Waals surface area contributed by atoms with Crippen LogP contribution >= 0.6 is 0 Å². The molecule has 40 heteroatoms. The molecule has 16 heterocycles. The molecule has 0 aliphatic carbocycles. The summed E-state index contributed by atoms with van der Waals surface area (Å²) in [6.07, 6.45) is 8.94. The number of morpholine rings is 4. The first kappa shape index (κ1) is 99.7. The Morgan fingerprint density at radius 2 is 0.694 bits per heavy atom. The number of rotatable bonds is 26. The third-order valence-electron chi connectivity index (χ3n) is 24.5. The Bertz CT molecular complexity index is 6870. The molecule has 744 valence electrons. The van der Waals surface area contributed by atoms with Gasteiger partial charge in [0.25, 0.3) is 11.1 Å². The van der Waals surface area contributed by atoms with Gasteiger partial charge in [0.15, 0.2) is 0 Å². The van der Waals surface area contributed by atoms with Crippen LogP contribution in [-0.4, -0.2) is 267 Å². The van der Waals surface area contributed by atoms with Crippen molar-refractivity contribution in [2.24, 2.45) is 0 Å². The number of imidazole rings is 4. The Morgan fingerprint density at radius 1 is 0.361 bits per heavy atom. The van der Waals surface area contributed by atoms with Crippen molar-refractivity contribution in [2.45, 2.75) is 67.7 Å². The van der Waals surface area contributed by atoms with E-state index >= 15 is 0 Å². The van der Waals surface area contributed by atoms with Gasteiger partial charge < -0.3 is 68.1 Å². The first-order valence-corrected chi connectivity index (χ1v) is 48.0. The molecule has 0 radical (unpaired) electrons. The number of pyridine rings is 8. The SMILES string of the molecule is CCNC(=O)Nc1nc2c(-c3ccccn3)cc(-c3cc(C)n(CCN4CCOCC4)c(=O)c3)cc2[nH]1.CCNC(=O)Nc1nc2c(-c3ncccc3F)cc(-c3ccc(CN4CCOCC4)nc3)cc2[nH]1.CCOC(=O)Nc1nc2c(-c3ccccn3)cc(-c3cc(C)n(CCN4CCOCC4)c(=O)c3)cc2[nH]1.CCOC(=O)Nc1nc2c(-c3ncccc3F)cc(-c3ccc(CN4CCOCC4)nc3)cc2[nH]1. The van der Waals surface area contributed by atoms with Gasteiger partial charge in [-0.05, 0) is 196 Å². The molecule has 144 heavy (non-hydrogen) atoms. The average molecular weight is 1960 g/mol. The van der Waals surface area contributed by atoms with E-state index in [0.29, 0.717) is 81.9 Å². The van der Waals surface area contributed by atoms with E-state index in [1.807, 2.05) is 171 Å². The number of aromatic amines is 4. The molecule has 0 saturated carbocycles. The molecule has 6 amide bonds. The summed E-state index contributed by atoms with van der Waals surface area (Å²) in [6.45, 7) is 30.0. The van der Waals surface area contributed by atoms with Crippen LogP contribution in [0.2, 0.25) is 0 Å². The van der Waals surface area contributed by atoms with Crippen molar-refractivity contribution in [1.82, 2.24) is 109 Å². The topological polar surface area (TPSA) is 445 Å². The molecule has 38 nitrogen and oxygen atoms in total. The number of aryl methyl sites for hydroxylation is 2. The maximum atomic E-state index is 14.7. The monoisotopic (exact) mass is 1950 g/mol. The number of nitrogens with one attached hydrogen (secondary N) is 10. The van der Waals surface area contributed by atoms with E-state index in [-0.39, 0.29) is 65.6 Å². The zero-order chi connectivity index (χ0) is 100.0. The van der Waals surface area contributed by atoms with Crippen LogP contribution in [0, 0.1) is 25.5 Å². The molecule has 0 spiro atoms. The van der Waals surface area contributed by atoms with Crippen molar-refractivity contribution in [1.29, 1.82) is 0 Å². The van der Waals surface area contributed by atoms with Gasteiger partial charge in [-0.2, -0.15) is 0 Å². The number of nitrogens with zero attached hydrogens (tertiary/aromatic N) is 16. The fourth-order valence-corrected chi connectivity index (χ4v) is 17.3. The van der Waals surface area contributed by atoms with E-state index in [1.165, 1.54) is 24.4 Å². The summed E-state index contributed by atoms with van der Waals surface area (Å²) < 4.78 is 64.6. The first-order chi connectivity index (χ1) is 70.2. The summed E-state index contributed by atoms with van der Waals surface area (Å²) in [5, 5.41) is 16.0. The molecular weight excluding hydrogens is 1840 g/mol. The van der Waals surface area contributed by atoms with E-state index in [0.717, 1.165) is 227 Å². The summed E-state index contributed by atoms with van der Waals surface area (Å²) in [5.41, 5.74) is 19.9. The molecule has 12 aromatic heterocycles. The van der Waals surface area contributed by atoms with Crippen molar-refractivity contribution in [3.8, 4) is 89.5 Å². The maximum absolute atomic E-state index is 14.7. The second-order valence-electron chi connectivity index (χ2n) is 34.3.